The molecule has 1 nitrogen and oxygen atoms in total. The molecule has 0 amide bonds. The minimum Gasteiger partial charge on any atom is -0.375 e. The van der Waals surface area contributed by atoms with Crippen molar-refractivity contribution < 1.29 is 4.74 Å². The lowest BCUT2D eigenvalue weighted by Crippen LogP contribution is -2.33. The van der Waals surface area contributed by atoms with E-state index in [-0.39, 0.29) is 0 Å². The molecule has 0 radical (unpaired) electrons. The highest BCUT2D eigenvalue weighted by Crippen LogP contribution is 2.39. The highest BCUT2D eigenvalue weighted by Gasteiger charge is 2.31. The minimum absolute atomic E-state index is 0.501. The van der Waals surface area contributed by atoms with Crippen LogP contribution in [0.2, 0.25) is 0 Å². The molecule has 2 fully saturated rings. The van der Waals surface area contributed by atoms with E-state index in [4.69, 9.17) is 4.74 Å². The van der Waals surface area contributed by atoms with E-state index in [9.17, 15) is 0 Å². The molecule has 0 N–H and O–H groups in total. The average Bonchev–Trinajstić information content (AvgIpc) is 2.11. The van der Waals surface area contributed by atoms with Gasteiger partial charge >= 0.3 is 0 Å². The quantitative estimate of drug-likeness (QED) is 0.665. The van der Waals surface area contributed by atoms with E-state index in [1.165, 1.54) is 44.9 Å². The van der Waals surface area contributed by atoms with Crippen LogP contribution in [0.15, 0.2) is 0 Å². The van der Waals surface area contributed by atoms with Crippen LogP contribution in [-0.4, -0.2) is 12.2 Å². The third-order valence-corrected chi connectivity index (χ3v) is 4.34. The lowest BCUT2D eigenvalue weighted by atomic mass is 9.72. The smallest absolute Gasteiger partial charge is 0.0579 e. The van der Waals surface area contributed by atoms with Crippen LogP contribution in [0.5, 0.6) is 0 Å². The van der Waals surface area contributed by atoms with Crippen molar-refractivity contribution in [2.75, 3.05) is 0 Å². The number of ether oxygens (including phenoxy) is 1. The Kier molecular flexibility index (Phi) is 3.39. The summed E-state index contributed by atoms with van der Waals surface area (Å²) >= 11 is 0. The number of hydrogen-bond acceptors (Lipinski definition) is 1. The van der Waals surface area contributed by atoms with Crippen molar-refractivity contribution in [3.63, 3.8) is 0 Å². The molecule has 0 saturated heterocycles. The molecular formula is C14H26O. The van der Waals surface area contributed by atoms with E-state index < -0.39 is 0 Å². The molecule has 15 heavy (non-hydrogen) atoms. The zero-order valence-electron chi connectivity index (χ0n) is 10.6. The second-order valence-corrected chi connectivity index (χ2v) is 6.53. The van der Waals surface area contributed by atoms with E-state index in [0.717, 1.165) is 5.92 Å². The van der Waals surface area contributed by atoms with Crippen molar-refractivity contribution in [3.05, 3.63) is 0 Å². The fourth-order valence-corrected chi connectivity index (χ4v) is 2.84. The van der Waals surface area contributed by atoms with Crippen LogP contribution in [0.3, 0.4) is 0 Å². The van der Waals surface area contributed by atoms with Gasteiger partial charge in [-0.2, -0.15) is 0 Å². The van der Waals surface area contributed by atoms with Gasteiger partial charge in [0.25, 0.3) is 0 Å². The molecule has 0 aromatic carbocycles. The first-order valence-corrected chi connectivity index (χ1v) is 6.71. The van der Waals surface area contributed by atoms with Crippen molar-refractivity contribution >= 4 is 0 Å². The first-order valence-electron chi connectivity index (χ1n) is 6.71. The molecule has 0 bridgehead atoms. The molecule has 0 aromatic rings. The Morgan fingerprint density at radius 2 is 1.33 bits per heavy atom. The Hall–Kier alpha value is -0.0400. The molecule has 88 valence electrons. The second kappa shape index (κ2) is 4.45. The minimum atomic E-state index is 0.501. The van der Waals surface area contributed by atoms with E-state index in [2.05, 4.69) is 20.8 Å². The molecule has 2 rings (SSSR count). The monoisotopic (exact) mass is 210 g/mol. The topological polar surface area (TPSA) is 9.23 Å². The van der Waals surface area contributed by atoms with Crippen molar-refractivity contribution in [2.45, 2.75) is 77.9 Å². The molecule has 0 atom stereocenters. The van der Waals surface area contributed by atoms with Crippen LogP contribution in [-0.2, 0) is 4.74 Å². The van der Waals surface area contributed by atoms with Crippen molar-refractivity contribution in [1.29, 1.82) is 0 Å². The highest BCUT2D eigenvalue weighted by atomic mass is 16.5. The van der Waals surface area contributed by atoms with Gasteiger partial charge in [0.2, 0.25) is 0 Å². The molecular weight excluding hydrogens is 184 g/mol. The molecule has 2 saturated carbocycles. The van der Waals surface area contributed by atoms with Gasteiger partial charge in [-0.15, -0.1) is 0 Å². The van der Waals surface area contributed by atoms with E-state index >= 15 is 0 Å². The van der Waals surface area contributed by atoms with E-state index in [1.54, 1.807) is 0 Å². The van der Waals surface area contributed by atoms with Crippen LogP contribution >= 0.6 is 0 Å². The van der Waals surface area contributed by atoms with Gasteiger partial charge in [0.05, 0.1) is 12.2 Å². The highest BCUT2D eigenvalue weighted by molar-refractivity contribution is 4.82. The predicted octanol–water partition coefficient (Wildman–Crippen LogP) is 4.16. The van der Waals surface area contributed by atoms with Crippen LogP contribution in [0.1, 0.15) is 65.7 Å². The molecule has 0 unspecified atom stereocenters. The third kappa shape index (κ3) is 2.96. The molecule has 2 aliphatic carbocycles. The van der Waals surface area contributed by atoms with Gasteiger partial charge in [0.15, 0.2) is 0 Å². The van der Waals surface area contributed by atoms with Crippen LogP contribution < -0.4 is 0 Å². The summed E-state index contributed by atoms with van der Waals surface area (Å²) in [5.74, 6) is 0.916. The Bertz CT molecular complexity index is 192. The van der Waals surface area contributed by atoms with Gasteiger partial charge in [0.1, 0.15) is 0 Å². The number of hydrogen-bond donors (Lipinski definition) is 0. The first kappa shape index (κ1) is 11.4. The van der Waals surface area contributed by atoms with E-state index in [0.29, 0.717) is 17.6 Å². The number of rotatable bonds is 2. The molecule has 0 aromatic heterocycles. The summed E-state index contributed by atoms with van der Waals surface area (Å²) in [4.78, 5) is 0. The third-order valence-electron chi connectivity index (χ3n) is 4.34. The molecule has 2 aliphatic rings. The fraction of sp³-hybridized carbons (Fsp3) is 1.00. The van der Waals surface area contributed by atoms with Crippen LogP contribution in [0.25, 0.3) is 0 Å². The summed E-state index contributed by atoms with van der Waals surface area (Å²) in [6.07, 6.45) is 10.6. The Balaban J connectivity index is 1.71. The largest absolute Gasteiger partial charge is 0.375 e. The Morgan fingerprint density at radius 1 is 0.800 bits per heavy atom. The summed E-state index contributed by atoms with van der Waals surface area (Å²) in [5.41, 5.74) is 0.501. The summed E-state index contributed by atoms with van der Waals surface area (Å²) < 4.78 is 6.09. The molecule has 0 aliphatic heterocycles. The standard InChI is InChI=1S/C14H26O/c1-14(2,3)11-7-9-13(10-8-11)15-12-5-4-6-12/h11-13H,4-10H2,1-3H3. The maximum Gasteiger partial charge on any atom is 0.0579 e. The lowest BCUT2D eigenvalue weighted by Gasteiger charge is -2.39. The van der Waals surface area contributed by atoms with Crippen molar-refractivity contribution in [1.82, 2.24) is 0 Å². The van der Waals surface area contributed by atoms with Crippen molar-refractivity contribution in [2.24, 2.45) is 11.3 Å². The van der Waals surface area contributed by atoms with Crippen LogP contribution in [0.4, 0.5) is 0 Å². The summed E-state index contributed by atoms with van der Waals surface area (Å²) in [6.45, 7) is 7.14. The molecule has 0 spiro atoms. The maximum absolute atomic E-state index is 6.09. The average molecular weight is 210 g/mol. The predicted molar refractivity (Wildman–Crippen MR) is 63.9 cm³/mol. The van der Waals surface area contributed by atoms with Gasteiger partial charge in [-0.05, 0) is 56.3 Å². The van der Waals surface area contributed by atoms with Gasteiger partial charge in [0, 0.05) is 0 Å². The Morgan fingerprint density at radius 3 is 1.73 bits per heavy atom. The normalized spacial score (nSPS) is 33.8. The summed E-state index contributed by atoms with van der Waals surface area (Å²) in [5, 5.41) is 0. The lowest BCUT2D eigenvalue weighted by molar-refractivity contribution is -0.0748. The summed E-state index contributed by atoms with van der Waals surface area (Å²) in [6, 6.07) is 0. The molecule has 0 heterocycles. The SMILES string of the molecule is CC(C)(C)C1CCC(OC2CCC2)CC1. The van der Waals surface area contributed by atoms with Crippen LogP contribution in [0, 0.1) is 11.3 Å². The second-order valence-electron chi connectivity index (χ2n) is 6.53. The summed E-state index contributed by atoms with van der Waals surface area (Å²) in [7, 11) is 0. The van der Waals surface area contributed by atoms with Crippen molar-refractivity contribution in [3.8, 4) is 0 Å². The van der Waals surface area contributed by atoms with E-state index in [1.807, 2.05) is 0 Å². The van der Waals surface area contributed by atoms with Gasteiger partial charge < -0.3 is 4.74 Å². The van der Waals surface area contributed by atoms with Gasteiger partial charge in [-0.1, -0.05) is 20.8 Å². The maximum atomic E-state index is 6.09. The first-order chi connectivity index (χ1) is 7.05. The molecule has 1 heteroatoms. The zero-order valence-corrected chi connectivity index (χ0v) is 10.6. The van der Waals surface area contributed by atoms with Gasteiger partial charge in [-0.25, -0.2) is 0 Å². The zero-order chi connectivity index (χ0) is 10.9. The van der Waals surface area contributed by atoms with Gasteiger partial charge in [-0.3, -0.25) is 0 Å². The Labute approximate surface area is 94.6 Å². The fourth-order valence-electron chi connectivity index (χ4n) is 2.84.